The van der Waals surface area contributed by atoms with E-state index in [1.807, 2.05) is 4.90 Å². The highest BCUT2D eigenvalue weighted by molar-refractivity contribution is 6.23. The average Bonchev–Trinajstić information content (AvgIpc) is 3.31. The summed E-state index contributed by atoms with van der Waals surface area (Å²) in [4.78, 5) is 48.4. The fraction of sp³-hybridized carbons (Fsp3) is 0.368. The lowest BCUT2D eigenvalue weighted by Crippen LogP contribution is -2.39. The minimum absolute atomic E-state index is 0.00797. The lowest BCUT2D eigenvalue weighted by molar-refractivity contribution is -0.121. The zero-order valence-corrected chi connectivity index (χ0v) is 15.9. The molecule has 156 valence electrons. The maximum Gasteiger partial charge on any atom is 0.258 e. The number of carbonyl (C=O) groups excluding carboxylic acids is 2. The number of hydrogen-bond donors (Lipinski definition) is 2. The summed E-state index contributed by atoms with van der Waals surface area (Å²) in [5.74, 6) is -0.703. The fourth-order valence-corrected chi connectivity index (χ4v) is 3.90. The van der Waals surface area contributed by atoms with Crippen LogP contribution in [0, 0.1) is 0 Å². The number of morpholine rings is 1. The van der Waals surface area contributed by atoms with E-state index in [0.29, 0.717) is 49.4 Å². The van der Waals surface area contributed by atoms with Crippen molar-refractivity contribution < 1.29 is 23.8 Å². The molecule has 3 aliphatic heterocycles. The van der Waals surface area contributed by atoms with Crippen LogP contribution in [0.15, 0.2) is 23.0 Å². The monoisotopic (exact) mass is 413 g/mol. The molecule has 11 heteroatoms. The smallest absolute Gasteiger partial charge is 0.258 e. The quantitative estimate of drug-likeness (QED) is 0.664. The third-order valence-corrected chi connectivity index (χ3v) is 5.39. The molecule has 1 atom stereocenters. The van der Waals surface area contributed by atoms with E-state index in [1.54, 1.807) is 18.2 Å². The van der Waals surface area contributed by atoms with E-state index in [4.69, 9.17) is 19.9 Å². The number of rotatable bonds is 3. The fourth-order valence-electron chi connectivity index (χ4n) is 3.90. The standard InChI is InChI=1S/C19H19N5O6/c20-16-15(17(26)22-19(21-16)23-3-5-28-6-4-23)11-8-14(25)24(18(11)27)10-1-2-12-13(7-10)30-9-29-12/h1-2,7,11H,3-6,8-9H2,(H3,20,21,22,26)/t11-/m1/s1. The molecule has 2 aromatic rings. The maximum atomic E-state index is 13.1. The Morgan fingerprint density at radius 2 is 1.87 bits per heavy atom. The van der Waals surface area contributed by atoms with Crippen LogP contribution in [-0.2, 0) is 14.3 Å². The molecule has 4 heterocycles. The van der Waals surface area contributed by atoms with Gasteiger partial charge in [0, 0.05) is 25.6 Å². The molecule has 1 aromatic heterocycles. The molecule has 0 unspecified atom stereocenters. The van der Waals surface area contributed by atoms with E-state index in [1.165, 1.54) is 0 Å². The number of hydrogen-bond acceptors (Lipinski definition) is 9. The van der Waals surface area contributed by atoms with Crippen molar-refractivity contribution in [1.82, 2.24) is 9.97 Å². The molecule has 0 saturated carbocycles. The zero-order valence-electron chi connectivity index (χ0n) is 15.9. The topological polar surface area (TPSA) is 140 Å². The van der Waals surface area contributed by atoms with Gasteiger partial charge in [0.25, 0.3) is 5.56 Å². The van der Waals surface area contributed by atoms with Gasteiger partial charge in [-0.2, -0.15) is 4.98 Å². The molecule has 2 amide bonds. The Kier molecular flexibility index (Phi) is 4.31. The summed E-state index contributed by atoms with van der Waals surface area (Å²) >= 11 is 0. The summed E-state index contributed by atoms with van der Waals surface area (Å²) in [6, 6.07) is 4.79. The van der Waals surface area contributed by atoms with Crippen molar-refractivity contribution in [2.24, 2.45) is 0 Å². The van der Waals surface area contributed by atoms with Crippen LogP contribution in [0.2, 0.25) is 0 Å². The molecule has 2 fully saturated rings. The van der Waals surface area contributed by atoms with E-state index in [2.05, 4.69) is 9.97 Å². The molecule has 30 heavy (non-hydrogen) atoms. The van der Waals surface area contributed by atoms with Crippen LogP contribution < -0.4 is 30.6 Å². The number of anilines is 3. The summed E-state index contributed by atoms with van der Waals surface area (Å²) in [7, 11) is 0. The van der Waals surface area contributed by atoms with E-state index in [9.17, 15) is 14.4 Å². The third-order valence-electron chi connectivity index (χ3n) is 5.39. The number of amides is 2. The number of nitrogen functional groups attached to an aromatic ring is 1. The molecule has 11 nitrogen and oxygen atoms in total. The Morgan fingerprint density at radius 1 is 1.10 bits per heavy atom. The summed E-state index contributed by atoms with van der Waals surface area (Å²) in [6.45, 7) is 2.26. The van der Waals surface area contributed by atoms with Crippen molar-refractivity contribution in [3.63, 3.8) is 0 Å². The molecule has 0 bridgehead atoms. The van der Waals surface area contributed by atoms with E-state index < -0.39 is 23.3 Å². The number of aromatic nitrogens is 2. The van der Waals surface area contributed by atoms with Crippen molar-refractivity contribution in [1.29, 1.82) is 0 Å². The van der Waals surface area contributed by atoms with Crippen molar-refractivity contribution in [2.45, 2.75) is 12.3 Å². The highest BCUT2D eigenvalue weighted by Crippen LogP contribution is 2.39. The lowest BCUT2D eigenvalue weighted by Gasteiger charge is -2.27. The molecule has 3 aliphatic rings. The van der Waals surface area contributed by atoms with Crippen molar-refractivity contribution in [3.8, 4) is 11.5 Å². The number of benzene rings is 1. The van der Waals surface area contributed by atoms with Crippen molar-refractivity contribution in [2.75, 3.05) is 48.6 Å². The first-order chi connectivity index (χ1) is 14.5. The zero-order chi connectivity index (χ0) is 20.8. The number of aromatic amines is 1. The van der Waals surface area contributed by atoms with Gasteiger partial charge >= 0.3 is 0 Å². The number of nitrogens with zero attached hydrogens (tertiary/aromatic N) is 3. The molecule has 0 spiro atoms. The molecular weight excluding hydrogens is 394 g/mol. The predicted molar refractivity (Wildman–Crippen MR) is 105 cm³/mol. The number of carbonyl (C=O) groups is 2. The average molecular weight is 413 g/mol. The summed E-state index contributed by atoms with van der Waals surface area (Å²) in [5.41, 5.74) is 5.90. The number of fused-ring (bicyclic) bond motifs is 1. The van der Waals surface area contributed by atoms with Gasteiger partial charge in [0.15, 0.2) is 11.5 Å². The molecule has 0 aliphatic carbocycles. The summed E-state index contributed by atoms with van der Waals surface area (Å²) in [6.07, 6.45) is -0.168. The van der Waals surface area contributed by atoms with Crippen molar-refractivity contribution in [3.05, 3.63) is 34.1 Å². The second-order valence-electron chi connectivity index (χ2n) is 7.15. The number of imide groups is 1. The van der Waals surface area contributed by atoms with Crippen LogP contribution in [0.5, 0.6) is 11.5 Å². The summed E-state index contributed by atoms with van der Waals surface area (Å²) < 4.78 is 15.9. The SMILES string of the molecule is Nc1nc(N2CCOCC2)[nH]c(=O)c1[C@H]1CC(=O)N(c2ccc3c(c2)OCO3)C1=O. The molecule has 5 rings (SSSR count). The Balaban J connectivity index is 1.46. The molecule has 0 radical (unpaired) electrons. The van der Waals surface area contributed by atoms with E-state index in [-0.39, 0.29) is 24.6 Å². The molecular formula is C19H19N5O6. The van der Waals surface area contributed by atoms with Gasteiger partial charge in [-0.3, -0.25) is 19.4 Å². The van der Waals surface area contributed by atoms with Crippen molar-refractivity contribution >= 4 is 29.3 Å². The first-order valence-corrected chi connectivity index (χ1v) is 9.52. The van der Waals surface area contributed by atoms with Gasteiger partial charge in [0.1, 0.15) is 5.82 Å². The van der Waals surface area contributed by atoms with Gasteiger partial charge in [-0.1, -0.05) is 0 Å². The normalized spacial score (nSPS) is 20.9. The highest BCUT2D eigenvalue weighted by atomic mass is 16.7. The van der Waals surface area contributed by atoms with Crippen LogP contribution in [0.4, 0.5) is 17.5 Å². The van der Waals surface area contributed by atoms with Gasteiger partial charge in [0.2, 0.25) is 24.6 Å². The largest absolute Gasteiger partial charge is 0.454 e. The third kappa shape index (κ3) is 2.94. The Labute approximate surface area is 170 Å². The predicted octanol–water partition coefficient (Wildman–Crippen LogP) is -0.0355. The maximum absolute atomic E-state index is 13.1. The lowest BCUT2D eigenvalue weighted by atomic mass is 9.99. The number of H-pyrrole nitrogens is 1. The molecule has 2 saturated heterocycles. The number of ether oxygens (including phenoxy) is 3. The van der Waals surface area contributed by atoms with Crippen LogP contribution in [-0.4, -0.2) is 54.9 Å². The Morgan fingerprint density at radius 3 is 2.63 bits per heavy atom. The van der Waals surface area contributed by atoms with Gasteiger partial charge in [-0.05, 0) is 12.1 Å². The van der Waals surface area contributed by atoms with Gasteiger partial charge < -0.3 is 24.8 Å². The second kappa shape index (κ2) is 7.02. The number of nitrogens with one attached hydrogen (secondary N) is 1. The van der Waals surface area contributed by atoms with Crippen LogP contribution in [0.3, 0.4) is 0 Å². The second-order valence-corrected chi connectivity index (χ2v) is 7.15. The van der Waals surface area contributed by atoms with Gasteiger partial charge in [-0.15, -0.1) is 0 Å². The van der Waals surface area contributed by atoms with Gasteiger partial charge in [-0.25, -0.2) is 4.90 Å². The summed E-state index contributed by atoms with van der Waals surface area (Å²) in [5, 5.41) is 0. The van der Waals surface area contributed by atoms with Crippen LogP contribution >= 0.6 is 0 Å². The Bertz CT molecular complexity index is 1090. The van der Waals surface area contributed by atoms with Gasteiger partial charge in [0.05, 0.1) is 30.4 Å². The minimum Gasteiger partial charge on any atom is -0.454 e. The van der Waals surface area contributed by atoms with E-state index >= 15 is 0 Å². The minimum atomic E-state index is -1.00. The van der Waals surface area contributed by atoms with E-state index in [0.717, 1.165) is 4.90 Å². The number of nitrogens with two attached hydrogens (primary N) is 1. The van der Waals surface area contributed by atoms with Crippen LogP contribution in [0.1, 0.15) is 17.9 Å². The molecule has 1 aromatic carbocycles. The Hall–Kier alpha value is -3.60. The highest BCUT2D eigenvalue weighted by Gasteiger charge is 2.43. The first kappa shape index (κ1) is 18.4. The van der Waals surface area contributed by atoms with Crippen LogP contribution in [0.25, 0.3) is 0 Å². The molecule has 3 N–H and O–H groups in total. The first-order valence-electron chi connectivity index (χ1n) is 9.52.